The smallest absolute Gasteiger partial charge is 0.0540 e. The van der Waals surface area contributed by atoms with Gasteiger partial charge < -0.3 is 5.11 Å². The summed E-state index contributed by atoms with van der Waals surface area (Å²) >= 11 is 0. The molecule has 0 heterocycles. The minimum absolute atomic E-state index is 0.0648. The van der Waals surface area contributed by atoms with Gasteiger partial charge in [0, 0.05) is 0 Å². The minimum Gasteiger partial charge on any atom is -0.393 e. The Hall–Kier alpha value is -0.480. The zero-order valence-corrected chi connectivity index (χ0v) is 5.22. The van der Waals surface area contributed by atoms with E-state index < -0.39 is 0 Å². The first-order chi connectivity index (χ1) is 3.81. The molecule has 0 aliphatic heterocycles. The zero-order chi connectivity index (χ0) is 6.41. The Bertz CT molecular complexity index is 76.9. The number of rotatable bonds is 0. The van der Waals surface area contributed by atoms with Crippen molar-refractivity contribution in [2.75, 3.05) is 0 Å². The molecular weight excluding hydrogens is 100 g/mol. The Morgan fingerprint density at radius 3 is 1.88 bits per heavy atom. The fourth-order valence-corrected chi connectivity index (χ4v) is 0.387. The predicted octanol–water partition coefficient (Wildman–Crippen LogP) is 1.17. The van der Waals surface area contributed by atoms with Crippen LogP contribution in [0.3, 0.4) is 0 Å². The van der Waals surface area contributed by atoms with Crippen molar-refractivity contribution in [3.8, 4) is 12.3 Å². The summed E-state index contributed by atoms with van der Waals surface area (Å²) in [4.78, 5) is 0. The second kappa shape index (κ2) is 4.67. The fraction of sp³-hybridized carbons (Fsp3) is 0.714. The van der Waals surface area contributed by atoms with E-state index in [1.54, 1.807) is 6.92 Å². The highest BCUT2D eigenvalue weighted by atomic mass is 16.3. The molecule has 0 amide bonds. The lowest BCUT2D eigenvalue weighted by molar-refractivity contribution is 0.0950. The number of terminal acetylenes is 1. The summed E-state index contributed by atoms with van der Waals surface area (Å²) in [5, 5.41) is 8.45. The second-order valence-electron chi connectivity index (χ2n) is 1.87. The van der Waals surface area contributed by atoms with Gasteiger partial charge in [-0.3, -0.25) is 0 Å². The van der Waals surface area contributed by atoms with Gasteiger partial charge in [-0.05, 0) is 26.2 Å². The molecule has 0 atom stereocenters. The lowest BCUT2D eigenvalue weighted by Crippen LogP contribution is -2.15. The molecule has 1 aliphatic rings. The lowest BCUT2D eigenvalue weighted by atomic mass is 9.97. The number of hydrogen-bond donors (Lipinski definition) is 1. The molecule has 1 N–H and O–H groups in total. The molecule has 1 saturated carbocycles. The summed E-state index contributed by atoms with van der Waals surface area (Å²) in [6.07, 6.45) is 7.98. The number of hydrogen-bond acceptors (Lipinski definition) is 1. The van der Waals surface area contributed by atoms with Gasteiger partial charge in [0.15, 0.2) is 0 Å². The van der Waals surface area contributed by atoms with Crippen LogP contribution in [0.15, 0.2) is 0 Å². The summed E-state index contributed by atoms with van der Waals surface area (Å²) in [6, 6.07) is 0. The molecule has 0 spiro atoms. The first-order valence-corrected chi connectivity index (χ1v) is 2.86. The Kier molecular flexibility index (Phi) is 4.39. The molecule has 46 valence electrons. The van der Waals surface area contributed by atoms with Gasteiger partial charge in [-0.25, -0.2) is 0 Å². The molecule has 1 heteroatoms. The van der Waals surface area contributed by atoms with Crippen LogP contribution in [0.1, 0.15) is 26.2 Å². The molecular formula is C7H12O. The quantitative estimate of drug-likeness (QED) is 0.466. The SMILES string of the molecule is C#CC.OC1CCC1. The lowest BCUT2D eigenvalue weighted by Gasteiger charge is -2.17. The minimum atomic E-state index is 0.0648. The van der Waals surface area contributed by atoms with Gasteiger partial charge in [-0.2, -0.15) is 0 Å². The average molecular weight is 112 g/mol. The molecule has 1 aliphatic carbocycles. The third-order valence-electron chi connectivity index (χ3n) is 1.07. The van der Waals surface area contributed by atoms with E-state index in [1.807, 2.05) is 0 Å². The van der Waals surface area contributed by atoms with Crippen LogP contribution in [0.4, 0.5) is 0 Å². The molecule has 0 bridgehead atoms. The van der Waals surface area contributed by atoms with E-state index in [2.05, 4.69) is 12.3 Å². The maximum absolute atomic E-state index is 8.45. The van der Waals surface area contributed by atoms with Crippen molar-refractivity contribution >= 4 is 0 Å². The van der Waals surface area contributed by atoms with Crippen LogP contribution >= 0.6 is 0 Å². The third-order valence-corrected chi connectivity index (χ3v) is 1.07. The Balaban J connectivity index is 0.000000145. The van der Waals surface area contributed by atoms with Crippen LogP contribution in [0.2, 0.25) is 0 Å². The molecule has 1 nitrogen and oxygen atoms in total. The molecule has 0 radical (unpaired) electrons. The Morgan fingerprint density at radius 1 is 1.62 bits per heavy atom. The van der Waals surface area contributed by atoms with Gasteiger partial charge in [0.05, 0.1) is 6.10 Å². The largest absolute Gasteiger partial charge is 0.393 e. The van der Waals surface area contributed by atoms with Crippen molar-refractivity contribution in [1.82, 2.24) is 0 Å². The van der Waals surface area contributed by atoms with Gasteiger partial charge in [0.25, 0.3) is 0 Å². The van der Waals surface area contributed by atoms with Crippen LogP contribution in [-0.4, -0.2) is 11.2 Å². The maximum atomic E-state index is 8.45. The van der Waals surface area contributed by atoms with Crippen LogP contribution in [0.25, 0.3) is 0 Å². The van der Waals surface area contributed by atoms with Crippen molar-refractivity contribution < 1.29 is 5.11 Å². The molecule has 0 aromatic rings. The molecule has 1 rings (SSSR count). The summed E-state index contributed by atoms with van der Waals surface area (Å²) in [7, 11) is 0. The van der Waals surface area contributed by atoms with Gasteiger partial charge in [0.1, 0.15) is 0 Å². The van der Waals surface area contributed by atoms with Gasteiger partial charge in [-0.1, -0.05) is 0 Å². The van der Waals surface area contributed by atoms with Crippen LogP contribution in [0, 0.1) is 12.3 Å². The van der Waals surface area contributed by atoms with Gasteiger partial charge >= 0.3 is 0 Å². The van der Waals surface area contributed by atoms with E-state index in [0.717, 1.165) is 12.8 Å². The van der Waals surface area contributed by atoms with E-state index >= 15 is 0 Å². The molecule has 1 fully saturated rings. The van der Waals surface area contributed by atoms with Crippen LogP contribution < -0.4 is 0 Å². The number of aliphatic hydroxyl groups excluding tert-OH is 1. The van der Waals surface area contributed by atoms with Crippen molar-refractivity contribution in [1.29, 1.82) is 0 Å². The molecule has 0 saturated heterocycles. The van der Waals surface area contributed by atoms with Crippen molar-refractivity contribution in [3.63, 3.8) is 0 Å². The monoisotopic (exact) mass is 112 g/mol. The summed E-state index contributed by atoms with van der Waals surface area (Å²) < 4.78 is 0. The maximum Gasteiger partial charge on any atom is 0.0540 e. The predicted molar refractivity (Wildman–Crippen MR) is 34.4 cm³/mol. The molecule has 0 aromatic carbocycles. The van der Waals surface area contributed by atoms with Crippen molar-refractivity contribution in [2.24, 2.45) is 0 Å². The molecule has 8 heavy (non-hydrogen) atoms. The highest BCUT2D eigenvalue weighted by Gasteiger charge is 2.11. The van der Waals surface area contributed by atoms with E-state index in [4.69, 9.17) is 5.11 Å². The Morgan fingerprint density at radius 2 is 1.88 bits per heavy atom. The summed E-state index contributed by atoms with van der Waals surface area (Å²) in [6.45, 7) is 1.65. The average Bonchev–Trinajstić information content (AvgIpc) is 1.64. The van der Waals surface area contributed by atoms with E-state index in [-0.39, 0.29) is 6.10 Å². The normalized spacial score (nSPS) is 17.1. The Labute approximate surface area is 50.7 Å². The molecule has 0 aromatic heterocycles. The zero-order valence-electron chi connectivity index (χ0n) is 5.22. The highest BCUT2D eigenvalue weighted by molar-refractivity contribution is 4.73. The van der Waals surface area contributed by atoms with Crippen molar-refractivity contribution in [3.05, 3.63) is 0 Å². The fourth-order valence-electron chi connectivity index (χ4n) is 0.387. The first kappa shape index (κ1) is 7.52. The topological polar surface area (TPSA) is 20.2 Å². The highest BCUT2D eigenvalue weighted by Crippen LogP contribution is 2.16. The standard InChI is InChI=1S/C4H8O.C3H4/c5-4-2-1-3-4;1-3-2/h4-5H,1-3H2;1H,2H3. The second-order valence-corrected chi connectivity index (χ2v) is 1.87. The van der Waals surface area contributed by atoms with Gasteiger partial charge in [0.2, 0.25) is 0 Å². The third kappa shape index (κ3) is 3.70. The van der Waals surface area contributed by atoms with Gasteiger partial charge in [-0.15, -0.1) is 12.3 Å². The first-order valence-electron chi connectivity index (χ1n) is 2.86. The van der Waals surface area contributed by atoms with Crippen LogP contribution in [-0.2, 0) is 0 Å². The molecule has 0 unspecified atom stereocenters. The van der Waals surface area contributed by atoms with E-state index in [9.17, 15) is 0 Å². The number of aliphatic hydroxyl groups is 1. The van der Waals surface area contributed by atoms with E-state index in [1.165, 1.54) is 6.42 Å². The van der Waals surface area contributed by atoms with Crippen molar-refractivity contribution in [2.45, 2.75) is 32.3 Å². The summed E-state index contributed by atoms with van der Waals surface area (Å²) in [5.41, 5.74) is 0. The summed E-state index contributed by atoms with van der Waals surface area (Å²) in [5.74, 6) is 2.25. The van der Waals surface area contributed by atoms with Crippen LogP contribution in [0.5, 0.6) is 0 Å². The van der Waals surface area contributed by atoms with E-state index in [0.29, 0.717) is 0 Å².